The number of nitrogens with two attached hydrogens (primary N) is 1. The Kier molecular flexibility index (Phi) is 6.08. The van der Waals surface area contributed by atoms with E-state index in [2.05, 4.69) is 9.98 Å². The average Bonchev–Trinajstić information content (AvgIpc) is 3.06. The van der Waals surface area contributed by atoms with Crippen molar-refractivity contribution < 1.29 is 13.9 Å². The van der Waals surface area contributed by atoms with Crippen LogP contribution in [0.3, 0.4) is 0 Å². The Bertz CT molecular complexity index is 871. The first kappa shape index (κ1) is 18.9. The van der Waals surface area contributed by atoms with Crippen molar-refractivity contribution in [3.8, 4) is 11.1 Å². The van der Waals surface area contributed by atoms with Gasteiger partial charge in [-0.25, -0.2) is 14.2 Å². The van der Waals surface area contributed by atoms with Crippen LogP contribution in [0.5, 0.6) is 0 Å². The lowest BCUT2D eigenvalue weighted by Crippen LogP contribution is -2.25. The lowest BCUT2D eigenvalue weighted by Gasteiger charge is -2.14. The van der Waals surface area contributed by atoms with Crippen molar-refractivity contribution in [2.45, 2.75) is 11.0 Å². The number of halogens is 1. The molecule has 2 aromatic rings. The fourth-order valence-corrected chi connectivity index (χ4v) is 3.16. The second kappa shape index (κ2) is 8.68. The second-order valence-electron chi connectivity index (χ2n) is 5.79. The van der Waals surface area contributed by atoms with Gasteiger partial charge in [-0.2, -0.15) is 0 Å². The monoisotopic (exact) mass is 386 g/mol. The summed E-state index contributed by atoms with van der Waals surface area (Å²) < 4.78 is 19.9. The molecule has 0 bridgehead atoms. The van der Waals surface area contributed by atoms with E-state index in [1.165, 1.54) is 17.3 Å². The Balaban J connectivity index is 1.74. The van der Waals surface area contributed by atoms with E-state index in [1.54, 1.807) is 23.9 Å². The summed E-state index contributed by atoms with van der Waals surface area (Å²) in [6, 6.07) is 12.4. The molecule has 2 N–H and O–H groups in total. The van der Waals surface area contributed by atoms with E-state index < -0.39 is 18.0 Å². The predicted octanol–water partition coefficient (Wildman–Crippen LogP) is 3.56. The highest BCUT2D eigenvalue weighted by Crippen LogP contribution is 2.30. The zero-order chi connectivity index (χ0) is 19.2. The maximum atomic E-state index is 14.6. The Hall–Kier alpha value is -2.87. The molecule has 0 aliphatic carbocycles. The molecule has 27 heavy (non-hydrogen) atoms. The topological polar surface area (TPSA) is 80.3 Å². The maximum Gasteiger partial charge on any atom is 0.414 e. The Morgan fingerprint density at radius 2 is 2.11 bits per heavy atom. The van der Waals surface area contributed by atoms with Gasteiger partial charge in [-0.1, -0.05) is 12.1 Å². The summed E-state index contributed by atoms with van der Waals surface area (Å²) in [7, 11) is 0. The summed E-state index contributed by atoms with van der Waals surface area (Å²) in [4.78, 5) is 22.3. The molecule has 0 radical (unpaired) electrons. The average molecular weight is 386 g/mol. The van der Waals surface area contributed by atoms with Crippen molar-refractivity contribution in [2.24, 2.45) is 15.7 Å². The molecule has 1 saturated heterocycles. The summed E-state index contributed by atoms with van der Waals surface area (Å²) in [5, 5.41) is 0. The molecule has 1 fully saturated rings. The van der Waals surface area contributed by atoms with Crippen LogP contribution in [-0.4, -0.2) is 44.2 Å². The summed E-state index contributed by atoms with van der Waals surface area (Å²) >= 11 is 1.63. The van der Waals surface area contributed by atoms with Gasteiger partial charge in [0.15, 0.2) is 0 Å². The summed E-state index contributed by atoms with van der Waals surface area (Å²) in [5.74, 6) is -0.393. The number of amides is 1. The van der Waals surface area contributed by atoms with Crippen LogP contribution in [0.2, 0.25) is 0 Å². The molecule has 1 heterocycles. The number of rotatable bonds is 6. The molecule has 6 nitrogen and oxygen atoms in total. The molecule has 0 unspecified atom stereocenters. The second-order valence-corrected chi connectivity index (χ2v) is 6.67. The zero-order valence-corrected chi connectivity index (χ0v) is 15.5. The third kappa shape index (κ3) is 4.46. The van der Waals surface area contributed by atoms with Gasteiger partial charge < -0.3 is 10.5 Å². The van der Waals surface area contributed by atoms with E-state index in [0.29, 0.717) is 17.8 Å². The molecule has 1 atom stereocenters. The van der Waals surface area contributed by atoms with Crippen molar-refractivity contribution in [3.63, 3.8) is 0 Å². The maximum absolute atomic E-state index is 14.6. The number of hydrogen-bond donors (Lipinski definition) is 1. The number of aliphatic imine (C=N–C) groups is 2. The number of cyclic esters (lactones) is 1. The highest BCUT2D eigenvalue weighted by Gasteiger charge is 2.32. The summed E-state index contributed by atoms with van der Waals surface area (Å²) in [6.45, 7) is 0.561. The smallest absolute Gasteiger partial charge is 0.414 e. The molecule has 8 heteroatoms. The van der Waals surface area contributed by atoms with Crippen molar-refractivity contribution in [1.29, 1.82) is 0 Å². The van der Waals surface area contributed by atoms with E-state index in [1.807, 2.05) is 30.5 Å². The van der Waals surface area contributed by atoms with Crippen LogP contribution >= 0.6 is 11.8 Å². The molecule has 2 aromatic carbocycles. The third-order valence-corrected chi connectivity index (χ3v) is 4.83. The van der Waals surface area contributed by atoms with Gasteiger partial charge >= 0.3 is 6.09 Å². The Labute approximate surface area is 160 Å². The van der Waals surface area contributed by atoms with Crippen LogP contribution in [0.15, 0.2) is 57.3 Å². The van der Waals surface area contributed by atoms with Crippen LogP contribution in [0.1, 0.15) is 0 Å². The minimum atomic E-state index is -0.519. The van der Waals surface area contributed by atoms with Crippen molar-refractivity contribution in [1.82, 2.24) is 0 Å². The number of benzene rings is 2. The van der Waals surface area contributed by atoms with Gasteiger partial charge in [0.05, 0.1) is 25.1 Å². The molecule has 140 valence electrons. The SMILES string of the molecule is CSc1ccc(-c2ccc(N3C[C@H](CN=CN=CN)OC3=O)cc2F)cc1. The number of hydrogen-bond acceptors (Lipinski definition) is 4. The minimum Gasteiger partial charge on any atom is -0.442 e. The molecule has 0 spiro atoms. The van der Waals surface area contributed by atoms with Gasteiger partial charge in [-0.3, -0.25) is 9.89 Å². The van der Waals surface area contributed by atoms with E-state index in [4.69, 9.17) is 10.5 Å². The summed E-state index contributed by atoms with van der Waals surface area (Å²) in [5.41, 5.74) is 6.84. The molecule has 1 aliphatic rings. The number of thioether (sulfide) groups is 1. The number of carbonyl (C=O) groups excluding carboxylic acids is 1. The highest BCUT2D eigenvalue weighted by atomic mass is 32.2. The van der Waals surface area contributed by atoms with Gasteiger partial charge in [0.2, 0.25) is 0 Å². The number of ether oxygens (including phenoxy) is 1. The van der Waals surface area contributed by atoms with Gasteiger partial charge in [-0.15, -0.1) is 11.8 Å². The molecule has 1 amide bonds. The molecular weight excluding hydrogens is 367 g/mol. The van der Waals surface area contributed by atoms with Crippen molar-refractivity contribution in [2.75, 3.05) is 24.2 Å². The fourth-order valence-electron chi connectivity index (χ4n) is 2.75. The van der Waals surface area contributed by atoms with Gasteiger partial charge in [0, 0.05) is 10.5 Å². The van der Waals surface area contributed by atoms with Gasteiger partial charge in [0.1, 0.15) is 18.3 Å². The standard InChI is InChI=1S/C19H19FN4O2S/c1-27-16-5-2-13(3-6-16)17-7-4-14(8-18(17)20)24-10-15(26-19(24)25)9-22-12-23-11-21/h2-8,11-12,15H,9-10H2,1H3,(H2,21,22,23)/t15-/m0/s1. The first-order valence-corrected chi connectivity index (χ1v) is 9.48. The molecule has 0 saturated carbocycles. The van der Waals surface area contributed by atoms with Gasteiger partial charge in [0.25, 0.3) is 0 Å². The minimum absolute atomic E-state index is 0.266. The van der Waals surface area contributed by atoms with Crippen LogP contribution in [0.25, 0.3) is 11.1 Å². The van der Waals surface area contributed by atoms with Crippen LogP contribution in [0, 0.1) is 5.82 Å². The molecule has 0 aromatic heterocycles. The largest absolute Gasteiger partial charge is 0.442 e. The quantitative estimate of drug-likeness (QED) is 0.468. The van der Waals surface area contributed by atoms with E-state index in [0.717, 1.165) is 16.8 Å². The number of nitrogens with zero attached hydrogens (tertiary/aromatic N) is 3. The number of carbonyl (C=O) groups is 1. The Morgan fingerprint density at radius 1 is 1.33 bits per heavy atom. The molecule has 1 aliphatic heterocycles. The Morgan fingerprint density at radius 3 is 2.78 bits per heavy atom. The molecular formula is C19H19FN4O2S. The lowest BCUT2D eigenvalue weighted by atomic mass is 10.0. The first-order chi connectivity index (χ1) is 13.1. The first-order valence-electron chi connectivity index (χ1n) is 8.26. The lowest BCUT2D eigenvalue weighted by molar-refractivity contribution is 0.145. The van der Waals surface area contributed by atoms with E-state index in [-0.39, 0.29) is 6.54 Å². The fraction of sp³-hybridized carbons (Fsp3) is 0.211. The molecule has 3 rings (SSSR count). The summed E-state index contributed by atoms with van der Waals surface area (Å²) in [6.07, 6.45) is 3.48. The van der Waals surface area contributed by atoms with Crippen LogP contribution in [-0.2, 0) is 4.74 Å². The van der Waals surface area contributed by atoms with Crippen LogP contribution < -0.4 is 10.6 Å². The normalized spacial score (nSPS) is 17.2. The van der Waals surface area contributed by atoms with Crippen molar-refractivity contribution >= 4 is 36.2 Å². The van der Waals surface area contributed by atoms with E-state index >= 15 is 0 Å². The number of anilines is 1. The van der Waals surface area contributed by atoms with E-state index in [9.17, 15) is 9.18 Å². The highest BCUT2D eigenvalue weighted by molar-refractivity contribution is 7.98. The van der Waals surface area contributed by atoms with Crippen molar-refractivity contribution in [3.05, 3.63) is 48.3 Å². The predicted molar refractivity (Wildman–Crippen MR) is 107 cm³/mol. The van der Waals surface area contributed by atoms with Crippen LogP contribution in [0.4, 0.5) is 14.9 Å². The zero-order valence-electron chi connectivity index (χ0n) is 14.7. The van der Waals surface area contributed by atoms with Gasteiger partial charge in [-0.05, 0) is 42.2 Å². The third-order valence-electron chi connectivity index (χ3n) is 4.08.